The number of carbonyl (C=O) groups excluding carboxylic acids is 3. The van der Waals surface area contributed by atoms with Crippen LogP contribution in [0.2, 0.25) is 0 Å². The summed E-state index contributed by atoms with van der Waals surface area (Å²) in [6.07, 6.45) is 0. The lowest BCUT2D eigenvalue weighted by molar-refractivity contribution is -0.152. The number of anilines is 1. The smallest absolute Gasteiger partial charge is 0.331 e. The van der Waals surface area contributed by atoms with Crippen LogP contribution in [0, 0.1) is 23.5 Å². The molecule has 0 saturated carbocycles. The number of rotatable bonds is 4. The fraction of sp³-hybridized carbons (Fsp3) is 0.192. The molecule has 2 aliphatic rings. The molecular formula is C26H20F2N2O4. The first kappa shape index (κ1) is 21.9. The van der Waals surface area contributed by atoms with Gasteiger partial charge in [0.05, 0.1) is 24.6 Å². The highest BCUT2D eigenvalue weighted by atomic mass is 19.1. The van der Waals surface area contributed by atoms with Gasteiger partial charge in [-0.05, 0) is 35.9 Å². The molecule has 6 nitrogen and oxygen atoms in total. The molecule has 2 fully saturated rings. The third-order valence-electron chi connectivity index (χ3n) is 6.62. The van der Waals surface area contributed by atoms with E-state index in [2.05, 4.69) is 5.32 Å². The molecule has 3 aromatic rings. The van der Waals surface area contributed by atoms with E-state index in [0.717, 1.165) is 17.0 Å². The topological polar surface area (TPSA) is 75.7 Å². The van der Waals surface area contributed by atoms with Crippen LogP contribution in [0.5, 0.6) is 0 Å². The van der Waals surface area contributed by atoms with E-state index in [1.807, 2.05) is 0 Å². The van der Waals surface area contributed by atoms with E-state index in [4.69, 9.17) is 4.74 Å². The van der Waals surface area contributed by atoms with Gasteiger partial charge in [0.2, 0.25) is 11.8 Å². The van der Waals surface area contributed by atoms with Crippen molar-refractivity contribution in [3.63, 3.8) is 0 Å². The molecule has 0 bridgehead atoms. The lowest BCUT2D eigenvalue weighted by Crippen LogP contribution is -2.53. The molecule has 2 heterocycles. The molecule has 172 valence electrons. The first-order chi connectivity index (χ1) is 16.4. The fourth-order valence-electron chi connectivity index (χ4n) is 5.18. The lowest BCUT2D eigenvalue weighted by Gasteiger charge is -2.33. The highest BCUT2D eigenvalue weighted by Crippen LogP contribution is 2.54. The normalized spacial score (nSPS) is 26.0. The number of ether oxygens (including phenoxy) is 1. The molecular weight excluding hydrogens is 442 g/mol. The van der Waals surface area contributed by atoms with Crippen LogP contribution in [0.15, 0.2) is 78.9 Å². The van der Waals surface area contributed by atoms with E-state index in [0.29, 0.717) is 5.56 Å². The van der Waals surface area contributed by atoms with Crippen molar-refractivity contribution in [3.8, 4) is 0 Å². The van der Waals surface area contributed by atoms with E-state index >= 15 is 0 Å². The summed E-state index contributed by atoms with van der Waals surface area (Å²) in [7, 11) is 1.19. The number of hydrogen-bond donors (Lipinski definition) is 1. The maximum Gasteiger partial charge on any atom is 0.331 e. The van der Waals surface area contributed by atoms with Gasteiger partial charge in [-0.1, -0.05) is 48.5 Å². The number of halogens is 2. The van der Waals surface area contributed by atoms with Gasteiger partial charge in [-0.3, -0.25) is 14.9 Å². The summed E-state index contributed by atoms with van der Waals surface area (Å²) in [5.74, 6) is -5.45. The van der Waals surface area contributed by atoms with Gasteiger partial charge >= 0.3 is 5.97 Å². The molecule has 0 unspecified atom stereocenters. The third kappa shape index (κ3) is 3.06. The predicted octanol–water partition coefficient (Wildman–Crippen LogP) is 3.48. The van der Waals surface area contributed by atoms with Crippen molar-refractivity contribution in [3.05, 3.63) is 102 Å². The van der Waals surface area contributed by atoms with Crippen LogP contribution in [0.4, 0.5) is 14.5 Å². The minimum absolute atomic E-state index is 0.154. The predicted molar refractivity (Wildman–Crippen MR) is 118 cm³/mol. The molecule has 0 radical (unpaired) electrons. The summed E-state index contributed by atoms with van der Waals surface area (Å²) in [4.78, 5) is 41.8. The van der Waals surface area contributed by atoms with Gasteiger partial charge in [-0.2, -0.15) is 0 Å². The summed E-state index contributed by atoms with van der Waals surface area (Å²) in [5, 5.41) is 3.13. The Balaban J connectivity index is 1.74. The first-order valence-electron chi connectivity index (χ1n) is 10.7. The van der Waals surface area contributed by atoms with E-state index in [9.17, 15) is 23.2 Å². The molecule has 1 N–H and O–H groups in total. The van der Waals surface area contributed by atoms with Crippen LogP contribution in [0.3, 0.4) is 0 Å². The summed E-state index contributed by atoms with van der Waals surface area (Å²) in [6.45, 7) is 0. The van der Waals surface area contributed by atoms with Crippen LogP contribution in [0.25, 0.3) is 0 Å². The van der Waals surface area contributed by atoms with Crippen LogP contribution >= 0.6 is 0 Å². The Morgan fingerprint density at radius 1 is 0.912 bits per heavy atom. The number of fused-ring (bicyclic) bond motifs is 1. The zero-order valence-electron chi connectivity index (χ0n) is 18.1. The number of carbonyl (C=O) groups is 3. The molecule has 0 spiro atoms. The van der Waals surface area contributed by atoms with Gasteiger partial charge in [0, 0.05) is 11.6 Å². The second-order valence-corrected chi connectivity index (χ2v) is 8.30. The van der Waals surface area contributed by atoms with Crippen LogP contribution in [0.1, 0.15) is 17.2 Å². The quantitative estimate of drug-likeness (QED) is 0.475. The molecule has 4 atom stereocenters. The molecule has 34 heavy (non-hydrogen) atoms. The number of nitrogens with zero attached hydrogens (tertiary/aromatic N) is 1. The average Bonchev–Trinajstić information content (AvgIpc) is 3.34. The van der Waals surface area contributed by atoms with E-state index in [1.54, 1.807) is 36.4 Å². The Morgan fingerprint density at radius 3 is 2.21 bits per heavy atom. The number of esters is 1. The second kappa shape index (κ2) is 8.14. The Bertz CT molecular complexity index is 1280. The van der Waals surface area contributed by atoms with Crippen molar-refractivity contribution in [1.29, 1.82) is 0 Å². The molecule has 2 aliphatic heterocycles. The lowest BCUT2D eigenvalue weighted by atomic mass is 9.75. The minimum atomic E-state index is -1.74. The van der Waals surface area contributed by atoms with Crippen molar-refractivity contribution in [2.45, 2.75) is 11.6 Å². The third-order valence-corrected chi connectivity index (χ3v) is 6.62. The fourth-order valence-corrected chi connectivity index (χ4v) is 5.18. The van der Waals surface area contributed by atoms with Gasteiger partial charge in [0.1, 0.15) is 11.6 Å². The van der Waals surface area contributed by atoms with Crippen molar-refractivity contribution in [2.24, 2.45) is 11.8 Å². The van der Waals surface area contributed by atoms with Gasteiger partial charge in [0.15, 0.2) is 5.54 Å². The van der Waals surface area contributed by atoms with Crippen LogP contribution in [-0.2, 0) is 24.7 Å². The Hall–Kier alpha value is -3.91. The molecule has 5 rings (SSSR count). The minimum Gasteiger partial charge on any atom is -0.467 e. The Kier molecular flexibility index (Phi) is 5.25. The summed E-state index contributed by atoms with van der Waals surface area (Å²) in [6, 6.07) is 18.3. The maximum absolute atomic E-state index is 14.9. The summed E-state index contributed by atoms with van der Waals surface area (Å²) in [5.41, 5.74) is -1.00. The number of methoxy groups -OCH3 is 1. The zero-order chi connectivity index (χ0) is 24.0. The Morgan fingerprint density at radius 2 is 1.56 bits per heavy atom. The largest absolute Gasteiger partial charge is 0.467 e. The molecule has 2 amide bonds. The molecule has 0 aliphatic carbocycles. The molecule has 3 aromatic carbocycles. The van der Waals surface area contributed by atoms with E-state index < -0.39 is 52.8 Å². The van der Waals surface area contributed by atoms with Gasteiger partial charge in [-0.25, -0.2) is 18.5 Å². The van der Waals surface area contributed by atoms with Crippen molar-refractivity contribution >= 4 is 23.5 Å². The first-order valence-corrected chi connectivity index (χ1v) is 10.7. The van der Waals surface area contributed by atoms with Gasteiger partial charge in [-0.15, -0.1) is 0 Å². The average molecular weight is 462 g/mol. The standard InChI is InChI=1S/C26H20F2N2O4/c1-34-25(33)26(15-7-3-2-4-8-15)21-20(22(29-26)18-9-5-6-10-19(18)28)23(31)30(24(21)32)17-13-11-16(27)12-14-17/h2-14,20-22,29H,1H3/t20-,21-,22-,26-/m1/s1. The van der Waals surface area contributed by atoms with Crippen LogP contribution < -0.4 is 10.2 Å². The molecule has 8 heteroatoms. The maximum atomic E-state index is 14.9. The van der Waals surface area contributed by atoms with Crippen molar-refractivity contribution in [1.82, 2.24) is 5.32 Å². The number of hydrogen-bond acceptors (Lipinski definition) is 5. The van der Waals surface area contributed by atoms with Gasteiger partial charge in [0.25, 0.3) is 0 Å². The van der Waals surface area contributed by atoms with Gasteiger partial charge < -0.3 is 4.74 Å². The number of nitrogens with one attached hydrogen (secondary N) is 1. The van der Waals surface area contributed by atoms with E-state index in [1.165, 1.54) is 37.4 Å². The SMILES string of the molecule is COC(=O)[C@]1(c2ccccc2)N[C@H](c2ccccc2F)[C@@H]2C(=O)N(c3ccc(F)cc3)C(=O)[C@@H]21. The Labute approximate surface area is 194 Å². The molecule has 0 aromatic heterocycles. The highest BCUT2D eigenvalue weighted by Gasteiger charge is 2.70. The highest BCUT2D eigenvalue weighted by molar-refractivity contribution is 6.24. The summed E-state index contributed by atoms with van der Waals surface area (Å²) < 4.78 is 33.6. The number of imide groups is 1. The van der Waals surface area contributed by atoms with Crippen molar-refractivity contribution in [2.75, 3.05) is 12.0 Å². The van der Waals surface area contributed by atoms with Crippen molar-refractivity contribution < 1.29 is 27.9 Å². The monoisotopic (exact) mass is 462 g/mol. The van der Waals surface area contributed by atoms with E-state index in [-0.39, 0.29) is 11.3 Å². The summed E-state index contributed by atoms with van der Waals surface area (Å²) >= 11 is 0. The van der Waals surface area contributed by atoms with Crippen LogP contribution in [-0.4, -0.2) is 24.9 Å². The second-order valence-electron chi connectivity index (χ2n) is 8.30. The zero-order valence-corrected chi connectivity index (χ0v) is 18.1. The number of benzene rings is 3. The number of amides is 2. The molecule has 2 saturated heterocycles.